The van der Waals surface area contributed by atoms with Crippen LogP contribution in [0.3, 0.4) is 0 Å². The van der Waals surface area contributed by atoms with Gasteiger partial charge in [0.2, 0.25) is 11.8 Å². The summed E-state index contributed by atoms with van der Waals surface area (Å²) in [6.07, 6.45) is 3.96. The van der Waals surface area contributed by atoms with Gasteiger partial charge in [0.05, 0.1) is 25.7 Å². The molecule has 1 atom stereocenters. The van der Waals surface area contributed by atoms with Gasteiger partial charge in [-0.15, -0.1) is 0 Å². The molecule has 3 aliphatic heterocycles. The number of anilines is 1. The summed E-state index contributed by atoms with van der Waals surface area (Å²) in [5.74, 6) is 0.402. The van der Waals surface area contributed by atoms with E-state index in [2.05, 4.69) is 30.0 Å². The standard InChI is InChI=1S/C22H31N3O3/c1-17-6-7-20-18(14-17)4-3-9-25(20)21(26)16-23-8-2-5-19(15-23)22(27)24-10-12-28-13-11-24/h6-7,14,19H,2-5,8-13,15-16H2,1H3/t19-/m0/s1. The molecule has 0 N–H and O–H groups in total. The second-order valence-electron chi connectivity index (χ2n) is 8.29. The number of carbonyl (C=O) groups is 2. The van der Waals surface area contributed by atoms with Crippen LogP contribution in [0.25, 0.3) is 0 Å². The molecule has 28 heavy (non-hydrogen) atoms. The van der Waals surface area contributed by atoms with Crippen molar-refractivity contribution in [2.24, 2.45) is 5.92 Å². The molecule has 152 valence electrons. The monoisotopic (exact) mass is 385 g/mol. The van der Waals surface area contributed by atoms with Gasteiger partial charge in [0.15, 0.2) is 0 Å². The average Bonchev–Trinajstić information content (AvgIpc) is 2.73. The summed E-state index contributed by atoms with van der Waals surface area (Å²) in [5.41, 5.74) is 3.59. The van der Waals surface area contributed by atoms with Crippen molar-refractivity contribution in [1.29, 1.82) is 0 Å². The zero-order valence-corrected chi connectivity index (χ0v) is 16.9. The Bertz CT molecular complexity index is 730. The van der Waals surface area contributed by atoms with Crippen LogP contribution >= 0.6 is 0 Å². The summed E-state index contributed by atoms with van der Waals surface area (Å²) in [6, 6.07) is 6.37. The molecule has 2 fully saturated rings. The van der Waals surface area contributed by atoms with Gasteiger partial charge in [-0.25, -0.2) is 0 Å². The van der Waals surface area contributed by atoms with Crippen LogP contribution < -0.4 is 4.90 Å². The van der Waals surface area contributed by atoms with Crippen LogP contribution in [-0.4, -0.2) is 74.1 Å². The summed E-state index contributed by atoms with van der Waals surface area (Å²) in [4.78, 5) is 32.0. The van der Waals surface area contributed by atoms with E-state index in [0.29, 0.717) is 39.4 Å². The number of ether oxygens (including phenoxy) is 1. The second-order valence-corrected chi connectivity index (χ2v) is 8.29. The molecule has 6 heteroatoms. The van der Waals surface area contributed by atoms with Crippen molar-refractivity contribution in [3.8, 4) is 0 Å². The molecule has 0 spiro atoms. The molecule has 1 aromatic carbocycles. The number of hydrogen-bond acceptors (Lipinski definition) is 4. The van der Waals surface area contributed by atoms with Crippen molar-refractivity contribution in [3.63, 3.8) is 0 Å². The maximum atomic E-state index is 13.1. The number of amides is 2. The molecule has 0 bridgehead atoms. The van der Waals surface area contributed by atoms with E-state index in [1.165, 1.54) is 11.1 Å². The summed E-state index contributed by atoms with van der Waals surface area (Å²) in [6.45, 7) is 7.53. The Kier molecular flexibility index (Phi) is 5.97. The number of rotatable bonds is 3. The van der Waals surface area contributed by atoms with Gasteiger partial charge in [0.1, 0.15) is 0 Å². The molecular weight excluding hydrogens is 354 g/mol. The highest BCUT2D eigenvalue weighted by atomic mass is 16.5. The fraction of sp³-hybridized carbons (Fsp3) is 0.636. The van der Waals surface area contributed by atoms with Crippen molar-refractivity contribution < 1.29 is 14.3 Å². The van der Waals surface area contributed by atoms with Crippen LogP contribution in [0.1, 0.15) is 30.4 Å². The SMILES string of the molecule is Cc1ccc2c(c1)CCCN2C(=O)CN1CCC[C@H](C(=O)N2CCOCC2)C1. The molecular formula is C22H31N3O3. The fourth-order valence-corrected chi connectivity index (χ4v) is 4.70. The zero-order chi connectivity index (χ0) is 19.5. The third-order valence-electron chi connectivity index (χ3n) is 6.19. The second kappa shape index (κ2) is 8.62. The maximum Gasteiger partial charge on any atom is 0.241 e. The molecule has 6 nitrogen and oxygen atoms in total. The molecule has 0 aliphatic carbocycles. The van der Waals surface area contributed by atoms with E-state index < -0.39 is 0 Å². The fourth-order valence-electron chi connectivity index (χ4n) is 4.70. The van der Waals surface area contributed by atoms with Gasteiger partial charge < -0.3 is 14.5 Å². The lowest BCUT2D eigenvalue weighted by Gasteiger charge is -2.37. The highest BCUT2D eigenvalue weighted by Gasteiger charge is 2.32. The minimum Gasteiger partial charge on any atom is -0.378 e. The average molecular weight is 386 g/mol. The Morgan fingerprint density at radius 3 is 2.75 bits per heavy atom. The van der Waals surface area contributed by atoms with E-state index >= 15 is 0 Å². The molecule has 0 saturated carbocycles. The van der Waals surface area contributed by atoms with Crippen molar-refractivity contribution in [2.75, 3.05) is 57.4 Å². The van der Waals surface area contributed by atoms with Crippen molar-refractivity contribution in [1.82, 2.24) is 9.80 Å². The lowest BCUT2D eigenvalue weighted by atomic mass is 9.96. The Morgan fingerprint density at radius 2 is 1.93 bits per heavy atom. The van der Waals surface area contributed by atoms with Crippen LogP contribution in [0.5, 0.6) is 0 Å². The number of likely N-dealkylation sites (tertiary alicyclic amines) is 1. The van der Waals surface area contributed by atoms with E-state index in [1.807, 2.05) is 9.80 Å². The number of aryl methyl sites for hydroxylation is 2. The third-order valence-corrected chi connectivity index (χ3v) is 6.19. The van der Waals surface area contributed by atoms with E-state index in [-0.39, 0.29) is 17.7 Å². The first kappa shape index (κ1) is 19.4. The molecule has 3 heterocycles. The summed E-state index contributed by atoms with van der Waals surface area (Å²) in [7, 11) is 0. The Balaban J connectivity index is 1.38. The number of fused-ring (bicyclic) bond motifs is 1. The lowest BCUT2D eigenvalue weighted by Crippen LogP contribution is -2.50. The molecule has 2 amide bonds. The highest BCUT2D eigenvalue weighted by Crippen LogP contribution is 2.28. The molecule has 0 radical (unpaired) electrons. The predicted octanol–water partition coefficient (Wildman–Crippen LogP) is 1.85. The number of piperidine rings is 1. The molecule has 0 unspecified atom stereocenters. The van der Waals surface area contributed by atoms with Gasteiger partial charge in [0.25, 0.3) is 0 Å². The van der Waals surface area contributed by atoms with Crippen LogP contribution in [-0.2, 0) is 20.7 Å². The Labute approximate surface area is 167 Å². The summed E-state index contributed by atoms with van der Waals surface area (Å²) in [5, 5.41) is 0. The Morgan fingerprint density at radius 1 is 1.11 bits per heavy atom. The lowest BCUT2D eigenvalue weighted by molar-refractivity contribution is -0.142. The number of benzene rings is 1. The topological polar surface area (TPSA) is 53.1 Å². The number of nitrogens with zero attached hydrogens (tertiary/aromatic N) is 3. The van der Waals surface area contributed by atoms with Gasteiger partial charge in [-0.05, 0) is 50.8 Å². The molecule has 2 saturated heterocycles. The zero-order valence-electron chi connectivity index (χ0n) is 16.9. The van der Waals surface area contributed by atoms with E-state index in [9.17, 15) is 9.59 Å². The molecule has 0 aromatic heterocycles. The van der Waals surface area contributed by atoms with Gasteiger partial charge in [0, 0.05) is 31.9 Å². The Hall–Kier alpha value is -1.92. The van der Waals surface area contributed by atoms with Crippen LogP contribution in [0, 0.1) is 12.8 Å². The normalized spacial score (nSPS) is 23.4. The van der Waals surface area contributed by atoms with Crippen molar-refractivity contribution in [3.05, 3.63) is 29.3 Å². The van der Waals surface area contributed by atoms with Gasteiger partial charge >= 0.3 is 0 Å². The summed E-state index contributed by atoms with van der Waals surface area (Å²) >= 11 is 0. The van der Waals surface area contributed by atoms with E-state index in [4.69, 9.17) is 4.74 Å². The first-order chi connectivity index (χ1) is 13.6. The van der Waals surface area contributed by atoms with Crippen molar-refractivity contribution >= 4 is 17.5 Å². The minimum absolute atomic E-state index is 0.0101. The number of morpholine rings is 1. The number of carbonyl (C=O) groups excluding carboxylic acids is 2. The third kappa shape index (κ3) is 4.23. The maximum absolute atomic E-state index is 13.1. The van der Waals surface area contributed by atoms with Crippen LogP contribution in [0.2, 0.25) is 0 Å². The first-order valence-corrected chi connectivity index (χ1v) is 10.6. The van der Waals surface area contributed by atoms with Crippen LogP contribution in [0.4, 0.5) is 5.69 Å². The van der Waals surface area contributed by atoms with Gasteiger partial charge in [-0.3, -0.25) is 14.5 Å². The highest BCUT2D eigenvalue weighted by molar-refractivity contribution is 5.96. The molecule has 1 aromatic rings. The van der Waals surface area contributed by atoms with Crippen LogP contribution in [0.15, 0.2) is 18.2 Å². The van der Waals surface area contributed by atoms with Crippen molar-refractivity contribution in [2.45, 2.75) is 32.6 Å². The summed E-state index contributed by atoms with van der Waals surface area (Å²) < 4.78 is 5.36. The van der Waals surface area contributed by atoms with E-state index in [1.54, 1.807) is 0 Å². The molecule has 3 aliphatic rings. The van der Waals surface area contributed by atoms with Gasteiger partial charge in [-0.2, -0.15) is 0 Å². The smallest absolute Gasteiger partial charge is 0.241 e. The largest absolute Gasteiger partial charge is 0.378 e. The predicted molar refractivity (Wildman–Crippen MR) is 108 cm³/mol. The van der Waals surface area contributed by atoms with E-state index in [0.717, 1.165) is 44.5 Å². The molecule has 4 rings (SSSR count). The number of hydrogen-bond donors (Lipinski definition) is 0. The quantitative estimate of drug-likeness (QED) is 0.797. The first-order valence-electron chi connectivity index (χ1n) is 10.6. The minimum atomic E-state index is 0.0101. The van der Waals surface area contributed by atoms with Gasteiger partial charge in [-0.1, -0.05) is 17.7 Å².